The smallest absolute Gasteiger partial charge is 0.183 e. The minimum absolute atomic E-state index is 0.731. The Bertz CT molecular complexity index is 678. The van der Waals surface area contributed by atoms with Gasteiger partial charge in [-0.2, -0.15) is 0 Å². The highest BCUT2D eigenvalue weighted by atomic mass is 35.5. The summed E-state index contributed by atoms with van der Waals surface area (Å²) >= 11 is 7.62. The van der Waals surface area contributed by atoms with Crippen LogP contribution >= 0.6 is 22.9 Å². The van der Waals surface area contributed by atoms with Crippen molar-refractivity contribution in [2.75, 3.05) is 11.9 Å². The molecule has 0 aliphatic heterocycles. The van der Waals surface area contributed by atoms with Crippen LogP contribution in [0.15, 0.2) is 36.9 Å². The molecule has 0 atom stereocenters. The van der Waals surface area contributed by atoms with Gasteiger partial charge in [-0.3, -0.25) is 0 Å². The van der Waals surface area contributed by atoms with E-state index < -0.39 is 0 Å². The maximum Gasteiger partial charge on any atom is 0.183 e. The molecular formula is C14H15ClN4S. The lowest BCUT2D eigenvalue weighted by atomic mass is 10.3. The summed E-state index contributed by atoms with van der Waals surface area (Å²) in [6, 6.07) is 5.81. The maximum atomic E-state index is 5.96. The molecule has 0 radical (unpaired) electrons. The average Bonchev–Trinajstić information content (AvgIpc) is 3.06. The van der Waals surface area contributed by atoms with Crippen LogP contribution in [0, 0.1) is 0 Å². The largest absolute Gasteiger partial charge is 0.361 e. The van der Waals surface area contributed by atoms with Crippen molar-refractivity contribution < 1.29 is 0 Å². The molecule has 0 aliphatic carbocycles. The molecule has 6 heteroatoms. The van der Waals surface area contributed by atoms with E-state index in [9.17, 15) is 0 Å². The number of thiazole rings is 1. The summed E-state index contributed by atoms with van der Waals surface area (Å²) in [5.41, 5.74) is 0.961. The number of imidazole rings is 1. The number of aromatic nitrogens is 3. The highest BCUT2D eigenvalue weighted by molar-refractivity contribution is 7.22. The van der Waals surface area contributed by atoms with Crippen molar-refractivity contribution >= 4 is 38.3 Å². The number of unbranched alkanes of at least 4 members (excludes halogenated alkanes) is 1. The van der Waals surface area contributed by atoms with Gasteiger partial charge in [-0.25, -0.2) is 9.97 Å². The highest BCUT2D eigenvalue weighted by Crippen LogP contribution is 2.27. The summed E-state index contributed by atoms with van der Waals surface area (Å²) in [5, 5.41) is 5.07. The van der Waals surface area contributed by atoms with Crippen molar-refractivity contribution in [3.8, 4) is 0 Å². The summed E-state index contributed by atoms with van der Waals surface area (Å²) in [4.78, 5) is 8.56. The zero-order valence-corrected chi connectivity index (χ0v) is 12.5. The SMILES string of the molecule is Clc1ccc2sc(NCCCCn3ccnc3)nc2c1. The third kappa shape index (κ3) is 3.29. The van der Waals surface area contributed by atoms with Gasteiger partial charge < -0.3 is 9.88 Å². The van der Waals surface area contributed by atoms with Crippen LogP contribution in [-0.4, -0.2) is 21.1 Å². The molecule has 0 aliphatic rings. The first kappa shape index (κ1) is 13.4. The van der Waals surface area contributed by atoms with Crippen molar-refractivity contribution in [3.63, 3.8) is 0 Å². The Morgan fingerprint density at radius 1 is 1.30 bits per heavy atom. The quantitative estimate of drug-likeness (QED) is 0.699. The van der Waals surface area contributed by atoms with Gasteiger partial charge in [-0.05, 0) is 31.0 Å². The van der Waals surface area contributed by atoms with Gasteiger partial charge >= 0.3 is 0 Å². The van der Waals surface area contributed by atoms with Gasteiger partial charge in [0.15, 0.2) is 5.13 Å². The lowest BCUT2D eigenvalue weighted by Crippen LogP contribution is -2.03. The fourth-order valence-corrected chi connectivity index (χ4v) is 3.05. The van der Waals surface area contributed by atoms with E-state index >= 15 is 0 Å². The molecule has 0 saturated heterocycles. The predicted octanol–water partition coefficient (Wildman–Crippen LogP) is 4.04. The molecule has 2 heterocycles. The third-order valence-corrected chi connectivity index (χ3v) is 4.26. The molecule has 2 aromatic heterocycles. The van der Waals surface area contributed by atoms with Crippen molar-refractivity contribution in [3.05, 3.63) is 41.9 Å². The molecule has 3 rings (SSSR count). The van der Waals surface area contributed by atoms with Crippen molar-refractivity contribution in [1.82, 2.24) is 14.5 Å². The molecule has 0 saturated carbocycles. The Morgan fingerprint density at radius 2 is 2.25 bits per heavy atom. The highest BCUT2D eigenvalue weighted by Gasteiger charge is 2.03. The fraction of sp³-hybridized carbons (Fsp3) is 0.286. The predicted molar refractivity (Wildman–Crippen MR) is 84.6 cm³/mol. The van der Waals surface area contributed by atoms with E-state index in [1.165, 1.54) is 0 Å². The molecule has 0 spiro atoms. The first-order valence-corrected chi connectivity index (χ1v) is 7.76. The van der Waals surface area contributed by atoms with Crippen LogP contribution in [-0.2, 0) is 6.54 Å². The zero-order valence-electron chi connectivity index (χ0n) is 10.9. The van der Waals surface area contributed by atoms with Crippen LogP contribution in [0.5, 0.6) is 0 Å². The van der Waals surface area contributed by atoms with Gasteiger partial charge in [0.05, 0.1) is 16.5 Å². The molecule has 0 amide bonds. The number of anilines is 1. The van der Waals surface area contributed by atoms with E-state index in [0.717, 1.165) is 46.3 Å². The number of fused-ring (bicyclic) bond motifs is 1. The van der Waals surface area contributed by atoms with Gasteiger partial charge in [0, 0.05) is 30.5 Å². The minimum atomic E-state index is 0.731. The molecular weight excluding hydrogens is 292 g/mol. The summed E-state index contributed by atoms with van der Waals surface area (Å²) in [7, 11) is 0. The normalized spacial score (nSPS) is 11.1. The van der Waals surface area contributed by atoms with Crippen LogP contribution in [0.1, 0.15) is 12.8 Å². The second-order valence-corrected chi connectivity index (χ2v) is 6.03. The van der Waals surface area contributed by atoms with E-state index in [1.54, 1.807) is 11.3 Å². The van der Waals surface area contributed by atoms with Gasteiger partial charge in [0.2, 0.25) is 0 Å². The Morgan fingerprint density at radius 3 is 3.10 bits per heavy atom. The number of nitrogens with zero attached hydrogens (tertiary/aromatic N) is 3. The summed E-state index contributed by atoms with van der Waals surface area (Å²) in [6.45, 7) is 1.94. The van der Waals surface area contributed by atoms with E-state index in [-0.39, 0.29) is 0 Å². The Balaban J connectivity index is 1.47. The monoisotopic (exact) mass is 306 g/mol. The molecule has 0 fully saturated rings. The van der Waals surface area contributed by atoms with E-state index in [2.05, 4.69) is 19.9 Å². The Labute approximate surface area is 126 Å². The number of aryl methyl sites for hydroxylation is 1. The molecule has 0 unspecified atom stereocenters. The van der Waals surface area contributed by atoms with Gasteiger partial charge in [-0.15, -0.1) is 0 Å². The summed E-state index contributed by atoms with van der Waals surface area (Å²) < 4.78 is 3.26. The topological polar surface area (TPSA) is 42.7 Å². The summed E-state index contributed by atoms with van der Waals surface area (Å²) in [5.74, 6) is 0. The Hall–Kier alpha value is -1.59. The lowest BCUT2D eigenvalue weighted by molar-refractivity contribution is 0.621. The van der Waals surface area contributed by atoms with Crippen molar-refractivity contribution in [2.24, 2.45) is 0 Å². The maximum absolute atomic E-state index is 5.96. The van der Waals surface area contributed by atoms with Gasteiger partial charge in [0.25, 0.3) is 0 Å². The van der Waals surface area contributed by atoms with Crippen LogP contribution in [0.4, 0.5) is 5.13 Å². The van der Waals surface area contributed by atoms with Crippen LogP contribution in [0.25, 0.3) is 10.2 Å². The number of rotatable bonds is 6. The molecule has 1 N–H and O–H groups in total. The third-order valence-electron chi connectivity index (χ3n) is 3.03. The lowest BCUT2D eigenvalue weighted by Gasteiger charge is -2.03. The molecule has 0 bridgehead atoms. The molecule has 20 heavy (non-hydrogen) atoms. The van der Waals surface area contributed by atoms with E-state index in [1.807, 2.05) is 36.9 Å². The van der Waals surface area contributed by atoms with Crippen LogP contribution in [0.2, 0.25) is 5.02 Å². The average molecular weight is 307 g/mol. The zero-order chi connectivity index (χ0) is 13.8. The number of nitrogens with one attached hydrogen (secondary N) is 1. The number of benzene rings is 1. The van der Waals surface area contributed by atoms with Gasteiger partial charge in [-0.1, -0.05) is 22.9 Å². The second-order valence-electron chi connectivity index (χ2n) is 4.57. The Kier molecular flexibility index (Phi) is 4.18. The fourth-order valence-electron chi connectivity index (χ4n) is 2.01. The second kappa shape index (κ2) is 6.24. The first-order valence-electron chi connectivity index (χ1n) is 6.57. The number of hydrogen-bond donors (Lipinski definition) is 1. The molecule has 3 aromatic rings. The van der Waals surface area contributed by atoms with Gasteiger partial charge in [0.1, 0.15) is 0 Å². The van der Waals surface area contributed by atoms with Crippen LogP contribution < -0.4 is 5.32 Å². The van der Waals surface area contributed by atoms with E-state index in [0.29, 0.717) is 0 Å². The minimum Gasteiger partial charge on any atom is -0.361 e. The van der Waals surface area contributed by atoms with Crippen molar-refractivity contribution in [2.45, 2.75) is 19.4 Å². The van der Waals surface area contributed by atoms with E-state index in [4.69, 9.17) is 11.6 Å². The first-order chi connectivity index (χ1) is 9.81. The number of hydrogen-bond acceptors (Lipinski definition) is 4. The molecule has 1 aromatic carbocycles. The standard InChI is InChI=1S/C14H15ClN4S/c15-11-3-4-13-12(9-11)18-14(20-13)17-5-1-2-7-19-8-6-16-10-19/h3-4,6,8-10H,1-2,5,7H2,(H,17,18). The number of halogens is 1. The molecule has 4 nitrogen and oxygen atoms in total. The summed E-state index contributed by atoms with van der Waals surface area (Å²) in [6.07, 6.45) is 7.88. The molecule has 104 valence electrons. The van der Waals surface area contributed by atoms with Crippen LogP contribution in [0.3, 0.4) is 0 Å². The van der Waals surface area contributed by atoms with Crippen molar-refractivity contribution in [1.29, 1.82) is 0 Å².